The van der Waals surface area contributed by atoms with Crippen molar-refractivity contribution in [3.05, 3.63) is 16.6 Å². The molecule has 1 heterocycles. The molecule has 0 aliphatic heterocycles. The Morgan fingerprint density at radius 1 is 1.58 bits per heavy atom. The molecule has 1 saturated carbocycles. The molecular formula is C9H12ClNS. The summed E-state index contributed by atoms with van der Waals surface area (Å²) in [5, 5.41) is 3.74. The predicted octanol–water partition coefficient (Wildman–Crippen LogP) is 3.09. The molecule has 0 saturated heterocycles. The fourth-order valence-corrected chi connectivity index (χ4v) is 2.91. The Kier molecular flexibility index (Phi) is 2.66. The standard InChI is InChI=1S/C9H12ClNS/c10-8-2-1-7(5-8)6-9-11-3-4-12-9/h3-4,7-8H,1-2,5-6H2. The highest BCUT2D eigenvalue weighted by Gasteiger charge is 2.23. The summed E-state index contributed by atoms with van der Waals surface area (Å²) in [7, 11) is 0. The maximum Gasteiger partial charge on any atom is 0.0927 e. The van der Waals surface area contributed by atoms with Gasteiger partial charge in [0.15, 0.2) is 0 Å². The van der Waals surface area contributed by atoms with E-state index in [0.717, 1.165) is 12.3 Å². The van der Waals surface area contributed by atoms with Crippen LogP contribution in [0.25, 0.3) is 0 Å². The van der Waals surface area contributed by atoms with E-state index in [1.165, 1.54) is 24.3 Å². The summed E-state index contributed by atoms with van der Waals surface area (Å²) in [6.07, 6.45) is 6.68. The maximum atomic E-state index is 6.03. The highest BCUT2D eigenvalue weighted by atomic mass is 35.5. The van der Waals surface area contributed by atoms with E-state index in [9.17, 15) is 0 Å². The van der Waals surface area contributed by atoms with Gasteiger partial charge in [-0.1, -0.05) is 0 Å². The summed E-state index contributed by atoms with van der Waals surface area (Å²) in [4.78, 5) is 4.28. The van der Waals surface area contributed by atoms with E-state index in [4.69, 9.17) is 11.6 Å². The zero-order valence-corrected chi connectivity index (χ0v) is 8.44. The van der Waals surface area contributed by atoms with Gasteiger partial charge in [-0.05, 0) is 25.2 Å². The van der Waals surface area contributed by atoms with Crippen molar-refractivity contribution in [3.63, 3.8) is 0 Å². The summed E-state index contributed by atoms with van der Waals surface area (Å²) >= 11 is 7.79. The van der Waals surface area contributed by atoms with E-state index in [0.29, 0.717) is 5.38 Å². The van der Waals surface area contributed by atoms with E-state index in [1.807, 2.05) is 11.6 Å². The Morgan fingerprint density at radius 2 is 2.50 bits per heavy atom. The Morgan fingerprint density at radius 3 is 3.08 bits per heavy atom. The second kappa shape index (κ2) is 3.75. The van der Waals surface area contributed by atoms with Crippen molar-refractivity contribution in [1.29, 1.82) is 0 Å². The molecule has 0 spiro atoms. The minimum atomic E-state index is 0.426. The van der Waals surface area contributed by atoms with Crippen LogP contribution in [0.5, 0.6) is 0 Å². The van der Waals surface area contributed by atoms with Crippen LogP contribution in [-0.2, 0) is 6.42 Å². The van der Waals surface area contributed by atoms with Crippen molar-refractivity contribution in [2.24, 2.45) is 5.92 Å². The van der Waals surface area contributed by atoms with Gasteiger partial charge in [0.05, 0.1) is 5.01 Å². The van der Waals surface area contributed by atoms with Crippen molar-refractivity contribution in [2.45, 2.75) is 31.1 Å². The highest BCUT2D eigenvalue weighted by molar-refractivity contribution is 7.09. The first-order chi connectivity index (χ1) is 5.84. The first kappa shape index (κ1) is 8.52. The smallest absolute Gasteiger partial charge is 0.0927 e. The lowest BCUT2D eigenvalue weighted by Crippen LogP contribution is -1.99. The number of halogens is 1. The molecular weight excluding hydrogens is 190 g/mol. The number of alkyl halides is 1. The third-order valence-electron chi connectivity index (χ3n) is 2.42. The van der Waals surface area contributed by atoms with Gasteiger partial charge in [0.2, 0.25) is 0 Å². The molecule has 2 rings (SSSR count). The second-order valence-electron chi connectivity index (χ2n) is 3.41. The third-order valence-corrected chi connectivity index (χ3v) is 3.62. The summed E-state index contributed by atoms with van der Waals surface area (Å²) in [6, 6.07) is 0. The minimum absolute atomic E-state index is 0.426. The van der Waals surface area contributed by atoms with Crippen LogP contribution in [-0.4, -0.2) is 10.4 Å². The van der Waals surface area contributed by atoms with Gasteiger partial charge in [0.1, 0.15) is 0 Å². The van der Waals surface area contributed by atoms with E-state index < -0.39 is 0 Å². The molecule has 1 aliphatic carbocycles. The number of hydrogen-bond donors (Lipinski definition) is 0. The molecule has 0 bridgehead atoms. The molecule has 0 radical (unpaired) electrons. The average molecular weight is 202 g/mol. The van der Waals surface area contributed by atoms with E-state index in [1.54, 1.807) is 11.3 Å². The van der Waals surface area contributed by atoms with Crippen LogP contribution in [0.1, 0.15) is 24.3 Å². The summed E-state index contributed by atoms with van der Waals surface area (Å²) in [5.74, 6) is 0.790. The number of nitrogens with zero attached hydrogens (tertiary/aromatic N) is 1. The van der Waals surface area contributed by atoms with Gasteiger partial charge in [0.25, 0.3) is 0 Å². The predicted molar refractivity (Wildman–Crippen MR) is 52.8 cm³/mol. The molecule has 0 N–H and O–H groups in total. The van der Waals surface area contributed by atoms with Crippen LogP contribution in [0.15, 0.2) is 11.6 Å². The normalized spacial score (nSPS) is 29.4. The molecule has 2 unspecified atom stereocenters. The SMILES string of the molecule is ClC1CCC(Cc2nccs2)C1. The zero-order chi connectivity index (χ0) is 8.39. The lowest BCUT2D eigenvalue weighted by Gasteiger charge is -2.04. The number of rotatable bonds is 2. The van der Waals surface area contributed by atoms with Crippen molar-refractivity contribution >= 4 is 22.9 Å². The summed E-state index contributed by atoms with van der Waals surface area (Å²) in [5.41, 5.74) is 0. The van der Waals surface area contributed by atoms with Crippen LogP contribution in [0, 0.1) is 5.92 Å². The maximum absolute atomic E-state index is 6.03. The minimum Gasteiger partial charge on any atom is -0.250 e. The number of aromatic nitrogens is 1. The fraction of sp³-hybridized carbons (Fsp3) is 0.667. The second-order valence-corrected chi connectivity index (χ2v) is 5.00. The lowest BCUT2D eigenvalue weighted by atomic mass is 10.1. The molecule has 0 amide bonds. The quantitative estimate of drug-likeness (QED) is 0.671. The molecule has 66 valence electrons. The number of hydrogen-bond acceptors (Lipinski definition) is 2. The van der Waals surface area contributed by atoms with Gasteiger partial charge in [-0.15, -0.1) is 22.9 Å². The lowest BCUT2D eigenvalue weighted by molar-refractivity contribution is 0.546. The molecule has 1 nitrogen and oxygen atoms in total. The zero-order valence-electron chi connectivity index (χ0n) is 6.87. The molecule has 1 aromatic rings. The number of thiazole rings is 1. The van der Waals surface area contributed by atoms with E-state index in [2.05, 4.69) is 4.98 Å². The van der Waals surface area contributed by atoms with Crippen LogP contribution in [0.3, 0.4) is 0 Å². The molecule has 0 aromatic carbocycles. The third kappa shape index (κ3) is 1.99. The Labute approximate surface area is 81.8 Å². The Hall–Kier alpha value is -0.0800. The molecule has 1 aliphatic rings. The van der Waals surface area contributed by atoms with Gasteiger partial charge in [0, 0.05) is 23.4 Å². The van der Waals surface area contributed by atoms with Gasteiger partial charge in [-0.25, -0.2) is 4.98 Å². The largest absolute Gasteiger partial charge is 0.250 e. The Balaban J connectivity index is 1.88. The van der Waals surface area contributed by atoms with Crippen LogP contribution in [0.4, 0.5) is 0 Å². The monoisotopic (exact) mass is 201 g/mol. The van der Waals surface area contributed by atoms with E-state index in [-0.39, 0.29) is 0 Å². The van der Waals surface area contributed by atoms with Gasteiger partial charge in [-0.2, -0.15) is 0 Å². The van der Waals surface area contributed by atoms with Gasteiger partial charge < -0.3 is 0 Å². The first-order valence-corrected chi connectivity index (χ1v) is 5.68. The molecule has 1 fully saturated rings. The van der Waals surface area contributed by atoms with Crippen molar-refractivity contribution in [1.82, 2.24) is 4.98 Å². The molecule has 12 heavy (non-hydrogen) atoms. The van der Waals surface area contributed by atoms with Gasteiger partial charge >= 0.3 is 0 Å². The van der Waals surface area contributed by atoms with Crippen LogP contribution >= 0.6 is 22.9 Å². The van der Waals surface area contributed by atoms with Crippen molar-refractivity contribution in [2.75, 3.05) is 0 Å². The van der Waals surface area contributed by atoms with Crippen LogP contribution in [0.2, 0.25) is 0 Å². The topological polar surface area (TPSA) is 12.9 Å². The summed E-state index contributed by atoms with van der Waals surface area (Å²) < 4.78 is 0. The van der Waals surface area contributed by atoms with Crippen LogP contribution < -0.4 is 0 Å². The highest BCUT2D eigenvalue weighted by Crippen LogP contribution is 2.32. The molecule has 1 aromatic heterocycles. The van der Waals surface area contributed by atoms with Crippen molar-refractivity contribution in [3.8, 4) is 0 Å². The Bertz CT molecular complexity index is 235. The van der Waals surface area contributed by atoms with Crippen molar-refractivity contribution < 1.29 is 0 Å². The van der Waals surface area contributed by atoms with E-state index >= 15 is 0 Å². The molecule has 3 heteroatoms. The first-order valence-electron chi connectivity index (χ1n) is 4.37. The molecule has 2 atom stereocenters. The van der Waals surface area contributed by atoms with Gasteiger partial charge in [-0.3, -0.25) is 0 Å². The average Bonchev–Trinajstić information content (AvgIpc) is 2.63. The summed E-state index contributed by atoms with van der Waals surface area (Å²) in [6.45, 7) is 0. The fourth-order valence-electron chi connectivity index (χ4n) is 1.80.